The van der Waals surface area contributed by atoms with Gasteiger partial charge in [0.15, 0.2) is 17.4 Å². The molecule has 3 aromatic rings. The number of aryl methyl sites for hydroxylation is 1. The second kappa shape index (κ2) is 5.34. The van der Waals surface area contributed by atoms with E-state index in [2.05, 4.69) is 9.97 Å². The van der Waals surface area contributed by atoms with Crippen molar-refractivity contribution in [3.8, 4) is 5.75 Å². The Balaban J connectivity index is 1.84. The maximum atomic E-state index is 13.6. The Kier molecular flexibility index (Phi) is 3.54. The number of ether oxygens (including phenoxy) is 1. The van der Waals surface area contributed by atoms with Crippen LogP contribution in [0.5, 0.6) is 5.75 Å². The van der Waals surface area contributed by atoms with Gasteiger partial charge < -0.3 is 4.74 Å². The van der Waals surface area contributed by atoms with Gasteiger partial charge in [-0.3, -0.25) is 0 Å². The zero-order valence-corrected chi connectivity index (χ0v) is 12.1. The summed E-state index contributed by atoms with van der Waals surface area (Å²) in [5, 5.41) is 3.11. The van der Waals surface area contributed by atoms with E-state index in [0.29, 0.717) is 11.0 Å². The molecule has 102 valence electrons. The summed E-state index contributed by atoms with van der Waals surface area (Å²) in [7, 11) is 0. The minimum atomic E-state index is -0.404. The molecular weight excluding hydrogens is 299 g/mol. The zero-order chi connectivity index (χ0) is 14.1. The van der Waals surface area contributed by atoms with E-state index < -0.39 is 5.82 Å². The van der Waals surface area contributed by atoms with Crippen molar-refractivity contribution >= 4 is 33.2 Å². The third kappa shape index (κ3) is 2.59. The van der Waals surface area contributed by atoms with E-state index in [-0.39, 0.29) is 12.4 Å². The molecule has 0 amide bonds. The predicted octanol–water partition coefficient (Wildman–Crippen LogP) is 4.37. The lowest BCUT2D eigenvalue weighted by molar-refractivity contribution is 0.281. The van der Waals surface area contributed by atoms with E-state index in [4.69, 9.17) is 16.3 Å². The van der Waals surface area contributed by atoms with E-state index in [1.807, 2.05) is 18.4 Å². The molecule has 20 heavy (non-hydrogen) atoms. The van der Waals surface area contributed by atoms with Crippen LogP contribution in [0.1, 0.15) is 11.4 Å². The summed E-state index contributed by atoms with van der Waals surface area (Å²) >= 11 is 7.55. The first-order chi connectivity index (χ1) is 9.63. The number of rotatable bonds is 3. The van der Waals surface area contributed by atoms with Crippen molar-refractivity contribution in [2.24, 2.45) is 0 Å². The lowest BCUT2D eigenvalue weighted by Gasteiger charge is -2.07. The number of fused-ring (bicyclic) bond motifs is 1. The van der Waals surface area contributed by atoms with Gasteiger partial charge in [-0.2, -0.15) is 0 Å². The first kappa shape index (κ1) is 13.3. The maximum Gasteiger partial charge on any atom is 0.169 e. The second-order valence-electron chi connectivity index (χ2n) is 4.29. The molecule has 2 aromatic heterocycles. The molecule has 0 bridgehead atoms. The topological polar surface area (TPSA) is 35.0 Å². The molecule has 2 heterocycles. The van der Waals surface area contributed by atoms with Gasteiger partial charge in [0.2, 0.25) is 0 Å². The van der Waals surface area contributed by atoms with E-state index in [1.165, 1.54) is 17.4 Å². The highest BCUT2D eigenvalue weighted by atomic mass is 35.5. The van der Waals surface area contributed by atoms with E-state index in [9.17, 15) is 4.39 Å². The fraction of sp³-hybridized carbons (Fsp3) is 0.143. The van der Waals surface area contributed by atoms with Gasteiger partial charge in [-0.1, -0.05) is 17.7 Å². The van der Waals surface area contributed by atoms with Crippen LogP contribution in [-0.4, -0.2) is 9.97 Å². The normalized spacial score (nSPS) is 10.9. The fourth-order valence-electron chi connectivity index (χ4n) is 1.79. The highest BCUT2D eigenvalue weighted by molar-refractivity contribution is 7.16. The van der Waals surface area contributed by atoms with Crippen molar-refractivity contribution in [3.63, 3.8) is 0 Å². The average Bonchev–Trinajstić information content (AvgIpc) is 2.89. The Bertz CT molecular complexity index is 775. The molecule has 0 aliphatic carbocycles. The van der Waals surface area contributed by atoms with Gasteiger partial charge in [-0.05, 0) is 36.1 Å². The lowest BCUT2D eigenvalue weighted by Crippen LogP contribution is -2.03. The number of benzene rings is 1. The number of hydrogen-bond acceptors (Lipinski definition) is 4. The number of nitrogens with zero attached hydrogens (tertiary/aromatic N) is 2. The van der Waals surface area contributed by atoms with Gasteiger partial charge in [0.1, 0.15) is 16.6 Å². The van der Waals surface area contributed by atoms with Crippen LogP contribution in [-0.2, 0) is 6.61 Å². The molecule has 6 heteroatoms. The predicted molar refractivity (Wildman–Crippen MR) is 77.9 cm³/mol. The number of thiophene rings is 1. The molecule has 0 N–H and O–H groups in total. The van der Waals surface area contributed by atoms with E-state index >= 15 is 0 Å². The Morgan fingerprint density at radius 2 is 2.15 bits per heavy atom. The minimum Gasteiger partial charge on any atom is -0.483 e. The highest BCUT2D eigenvalue weighted by Crippen LogP contribution is 2.25. The molecule has 0 fully saturated rings. The van der Waals surface area contributed by atoms with Gasteiger partial charge in [0.05, 0.1) is 0 Å². The molecule has 0 saturated heterocycles. The zero-order valence-electron chi connectivity index (χ0n) is 10.6. The summed E-state index contributed by atoms with van der Waals surface area (Å²) in [5.41, 5.74) is 0.925. The largest absolute Gasteiger partial charge is 0.483 e. The third-order valence-electron chi connectivity index (χ3n) is 2.77. The first-order valence-electron chi connectivity index (χ1n) is 5.92. The van der Waals surface area contributed by atoms with Crippen LogP contribution in [0.4, 0.5) is 4.39 Å². The molecule has 0 spiro atoms. The van der Waals surface area contributed by atoms with Crippen LogP contribution in [0.25, 0.3) is 10.2 Å². The quantitative estimate of drug-likeness (QED) is 0.674. The van der Waals surface area contributed by atoms with Crippen molar-refractivity contribution in [2.45, 2.75) is 13.5 Å². The highest BCUT2D eigenvalue weighted by Gasteiger charge is 2.09. The van der Waals surface area contributed by atoms with Gasteiger partial charge in [-0.25, -0.2) is 14.4 Å². The molecule has 0 unspecified atom stereocenters. The maximum absolute atomic E-state index is 13.6. The van der Waals surface area contributed by atoms with Crippen LogP contribution in [0.2, 0.25) is 5.15 Å². The second-order valence-corrected chi connectivity index (χ2v) is 5.55. The monoisotopic (exact) mass is 308 g/mol. The van der Waals surface area contributed by atoms with Crippen molar-refractivity contribution in [2.75, 3.05) is 0 Å². The molecule has 0 aliphatic heterocycles. The minimum absolute atomic E-state index is 0.0773. The van der Waals surface area contributed by atoms with Crippen molar-refractivity contribution in [1.82, 2.24) is 9.97 Å². The summed E-state index contributed by atoms with van der Waals surface area (Å²) in [6.45, 7) is 1.95. The Hall–Kier alpha value is -1.72. The smallest absolute Gasteiger partial charge is 0.169 e. The van der Waals surface area contributed by atoms with Crippen molar-refractivity contribution < 1.29 is 9.13 Å². The molecule has 0 saturated carbocycles. The molecule has 1 aromatic carbocycles. The molecule has 3 nitrogen and oxygen atoms in total. The van der Waals surface area contributed by atoms with E-state index in [0.717, 1.165) is 15.8 Å². The van der Waals surface area contributed by atoms with Crippen molar-refractivity contribution in [3.05, 3.63) is 52.0 Å². The summed E-state index contributed by atoms with van der Waals surface area (Å²) < 4.78 is 19.0. The van der Waals surface area contributed by atoms with Gasteiger partial charge in [0, 0.05) is 5.39 Å². The lowest BCUT2D eigenvalue weighted by atomic mass is 10.2. The van der Waals surface area contributed by atoms with Crippen LogP contribution >= 0.6 is 22.9 Å². The van der Waals surface area contributed by atoms with Crippen LogP contribution in [0.3, 0.4) is 0 Å². The molecule has 0 aliphatic rings. The number of hydrogen-bond donors (Lipinski definition) is 0. The Morgan fingerprint density at radius 1 is 1.30 bits per heavy atom. The van der Waals surface area contributed by atoms with Gasteiger partial charge >= 0.3 is 0 Å². The van der Waals surface area contributed by atoms with Crippen LogP contribution < -0.4 is 4.74 Å². The summed E-state index contributed by atoms with van der Waals surface area (Å²) in [4.78, 5) is 9.29. The average molecular weight is 309 g/mol. The molecule has 3 rings (SSSR count). The molecular formula is C14H10ClFN2OS. The third-order valence-corrected chi connectivity index (χ3v) is 3.86. The number of halogens is 2. The van der Waals surface area contributed by atoms with Gasteiger partial charge in [-0.15, -0.1) is 11.3 Å². The first-order valence-corrected chi connectivity index (χ1v) is 7.18. The van der Waals surface area contributed by atoms with Gasteiger partial charge in [0.25, 0.3) is 0 Å². The molecule has 0 atom stereocenters. The number of aromatic nitrogens is 2. The van der Waals surface area contributed by atoms with Crippen LogP contribution in [0, 0.1) is 12.7 Å². The fourth-order valence-corrected chi connectivity index (χ4v) is 2.88. The Morgan fingerprint density at radius 3 is 3.00 bits per heavy atom. The van der Waals surface area contributed by atoms with Crippen molar-refractivity contribution in [1.29, 1.82) is 0 Å². The standard InChI is InChI=1S/C14H10ClFN2OS/c1-8-2-3-10(16)11(6-8)19-7-12-17-13(15)9-4-5-20-14(9)18-12/h2-6H,7H2,1H3. The van der Waals surface area contributed by atoms with E-state index in [1.54, 1.807) is 12.1 Å². The summed E-state index contributed by atoms with van der Waals surface area (Å²) in [6.07, 6.45) is 0. The van der Waals surface area contributed by atoms with Crippen LogP contribution in [0.15, 0.2) is 29.6 Å². The SMILES string of the molecule is Cc1ccc(F)c(OCc2nc(Cl)c3ccsc3n2)c1. The summed E-state index contributed by atoms with van der Waals surface area (Å²) in [5.74, 6) is 0.223. The Labute approximate surface area is 124 Å². The molecule has 0 radical (unpaired) electrons. The summed E-state index contributed by atoms with van der Waals surface area (Å²) in [6, 6.07) is 6.57.